The highest BCUT2D eigenvalue weighted by Crippen LogP contribution is 2.27. The summed E-state index contributed by atoms with van der Waals surface area (Å²) in [7, 11) is 0. The highest BCUT2D eigenvalue weighted by molar-refractivity contribution is 5.76. The topological polar surface area (TPSA) is 66.6 Å². The van der Waals surface area contributed by atoms with E-state index in [9.17, 15) is 18.0 Å². The second-order valence-electron chi connectivity index (χ2n) is 8.36. The van der Waals surface area contributed by atoms with Gasteiger partial charge < -0.3 is 4.90 Å². The summed E-state index contributed by atoms with van der Waals surface area (Å²) in [5.74, 6) is -1.25. The lowest BCUT2D eigenvalue weighted by molar-refractivity contribution is -0.144. The smallest absolute Gasteiger partial charge is 0.340 e. The first-order valence-electron chi connectivity index (χ1n) is 11.1. The van der Waals surface area contributed by atoms with Crippen LogP contribution in [0.1, 0.15) is 34.8 Å². The highest BCUT2D eigenvalue weighted by atomic mass is 19.4. The molecule has 0 bridgehead atoms. The number of hydrogen-bond donors (Lipinski definition) is 0. The van der Waals surface area contributed by atoms with Crippen molar-refractivity contribution in [1.29, 1.82) is 0 Å². The Morgan fingerprint density at radius 2 is 1.70 bits per heavy atom. The summed E-state index contributed by atoms with van der Waals surface area (Å²) in [6, 6.07) is 10.3. The van der Waals surface area contributed by atoms with E-state index in [4.69, 9.17) is 0 Å². The third-order valence-electron chi connectivity index (χ3n) is 6.18. The van der Waals surface area contributed by atoms with Crippen LogP contribution in [0.15, 0.2) is 30.3 Å². The van der Waals surface area contributed by atoms with Crippen molar-refractivity contribution in [3.05, 3.63) is 58.7 Å². The second-order valence-corrected chi connectivity index (χ2v) is 8.36. The Bertz CT molecular complexity index is 1120. The standard InChI is InChI=1S/C23H27F3N6O/c1-16-19(17(2)32-22(27-16)28-21(29-32)23(24,25)26)8-9-20(33)31-14-12-30(13-15-31)11-10-18-6-4-3-5-7-18/h3-7H,8-15H2,1-2H3. The number of hydrogen-bond acceptors (Lipinski definition) is 5. The maximum Gasteiger partial charge on any atom is 0.453 e. The molecule has 0 radical (unpaired) electrons. The predicted octanol–water partition coefficient (Wildman–Crippen LogP) is 3.08. The zero-order valence-corrected chi connectivity index (χ0v) is 18.8. The van der Waals surface area contributed by atoms with Gasteiger partial charge in [-0.15, -0.1) is 5.10 Å². The second kappa shape index (κ2) is 9.46. The molecular weight excluding hydrogens is 433 g/mol. The van der Waals surface area contributed by atoms with E-state index in [2.05, 4.69) is 32.1 Å². The van der Waals surface area contributed by atoms with Crippen LogP contribution in [0.3, 0.4) is 0 Å². The lowest BCUT2D eigenvalue weighted by Crippen LogP contribution is -2.49. The molecule has 1 aliphatic rings. The number of amides is 1. The molecule has 10 heteroatoms. The number of benzene rings is 1. The maximum atomic E-state index is 13.0. The van der Waals surface area contributed by atoms with Crippen molar-refractivity contribution in [3.8, 4) is 0 Å². The molecule has 1 saturated heterocycles. The predicted molar refractivity (Wildman–Crippen MR) is 117 cm³/mol. The van der Waals surface area contributed by atoms with Gasteiger partial charge in [-0.1, -0.05) is 30.3 Å². The van der Waals surface area contributed by atoms with Gasteiger partial charge in [-0.2, -0.15) is 18.2 Å². The average Bonchev–Trinajstić information content (AvgIpc) is 3.23. The highest BCUT2D eigenvalue weighted by Gasteiger charge is 2.37. The van der Waals surface area contributed by atoms with Crippen molar-refractivity contribution in [2.45, 2.75) is 39.3 Å². The van der Waals surface area contributed by atoms with Crippen LogP contribution in [0.4, 0.5) is 13.2 Å². The van der Waals surface area contributed by atoms with Crippen molar-refractivity contribution in [2.75, 3.05) is 32.7 Å². The molecule has 0 saturated carbocycles. The van der Waals surface area contributed by atoms with Gasteiger partial charge in [0.05, 0.1) is 0 Å². The first kappa shape index (κ1) is 23.2. The van der Waals surface area contributed by atoms with E-state index in [1.807, 2.05) is 23.1 Å². The monoisotopic (exact) mass is 460 g/mol. The molecular formula is C23H27F3N6O. The van der Waals surface area contributed by atoms with Crippen LogP contribution >= 0.6 is 0 Å². The minimum absolute atomic E-state index is 0.0474. The number of alkyl halides is 3. The molecule has 1 aromatic carbocycles. The van der Waals surface area contributed by atoms with Crippen molar-refractivity contribution in [2.24, 2.45) is 0 Å². The van der Waals surface area contributed by atoms with Gasteiger partial charge >= 0.3 is 6.18 Å². The Labute approximate surface area is 190 Å². The molecule has 0 aliphatic carbocycles. The van der Waals surface area contributed by atoms with E-state index in [-0.39, 0.29) is 18.1 Å². The molecule has 0 N–H and O–H groups in total. The van der Waals surface area contributed by atoms with Crippen molar-refractivity contribution in [1.82, 2.24) is 29.4 Å². The van der Waals surface area contributed by atoms with Gasteiger partial charge in [0.1, 0.15) is 0 Å². The molecule has 3 heterocycles. The van der Waals surface area contributed by atoms with Gasteiger partial charge in [-0.25, -0.2) is 9.50 Å². The van der Waals surface area contributed by atoms with Crippen LogP contribution in [0.25, 0.3) is 5.78 Å². The van der Waals surface area contributed by atoms with Gasteiger partial charge in [0.2, 0.25) is 5.91 Å². The SMILES string of the molecule is Cc1nc2nc(C(F)(F)F)nn2c(C)c1CCC(=O)N1CCN(CCc2ccccc2)CC1. The van der Waals surface area contributed by atoms with Gasteiger partial charge in [0, 0.05) is 50.5 Å². The average molecular weight is 461 g/mol. The van der Waals surface area contributed by atoms with Gasteiger partial charge in [-0.05, 0) is 37.8 Å². The van der Waals surface area contributed by atoms with Gasteiger partial charge in [0.25, 0.3) is 11.6 Å². The van der Waals surface area contributed by atoms with Crippen LogP contribution in [-0.4, -0.2) is 68.0 Å². The number of carbonyl (C=O) groups excluding carboxylic acids is 1. The fourth-order valence-corrected chi connectivity index (χ4v) is 4.23. The molecule has 176 valence electrons. The number of carbonyl (C=O) groups is 1. The lowest BCUT2D eigenvalue weighted by atomic mass is 10.1. The molecule has 2 aromatic heterocycles. The van der Waals surface area contributed by atoms with E-state index in [0.29, 0.717) is 30.9 Å². The Morgan fingerprint density at radius 3 is 2.36 bits per heavy atom. The van der Waals surface area contributed by atoms with Crippen molar-refractivity contribution < 1.29 is 18.0 Å². The molecule has 0 unspecified atom stereocenters. The van der Waals surface area contributed by atoms with Gasteiger partial charge in [0.15, 0.2) is 0 Å². The number of rotatable bonds is 6. The Kier molecular flexibility index (Phi) is 6.64. The third kappa shape index (κ3) is 5.32. The van der Waals surface area contributed by atoms with E-state index < -0.39 is 12.0 Å². The minimum atomic E-state index is -4.63. The van der Waals surface area contributed by atoms with E-state index in [1.54, 1.807) is 13.8 Å². The number of aromatic nitrogens is 4. The zero-order chi connectivity index (χ0) is 23.6. The van der Waals surface area contributed by atoms with Crippen molar-refractivity contribution in [3.63, 3.8) is 0 Å². The normalized spacial score (nSPS) is 15.4. The number of fused-ring (bicyclic) bond motifs is 1. The number of halogens is 3. The Balaban J connectivity index is 1.32. The fourth-order valence-electron chi connectivity index (χ4n) is 4.23. The molecule has 7 nitrogen and oxygen atoms in total. The van der Waals surface area contributed by atoms with Crippen LogP contribution in [0, 0.1) is 13.8 Å². The Morgan fingerprint density at radius 1 is 1.00 bits per heavy atom. The molecule has 1 amide bonds. The van der Waals surface area contributed by atoms with Crippen LogP contribution in [0.5, 0.6) is 0 Å². The van der Waals surface area contributed by atoms with E-state index in [1.165, 1.54) is 5.56 Å². The quantitative estimate of drug-likeness (QED) is 0.566. The van der Waals surface area contributed by atoms with Gasteiger partial charge in [-0.3, -0.25) is 9.69 Å². The number of nitrogens with zero attached hydrogens (tertiary/aromatic N) is 6. The Hall–Kier alpha value is -3.01. The summed E-state index contributed by atoms with van der Waals surface area (Å²) >= 11 is 0. The molecule has 1 fully saturated rings. The van der Waals surface area contributed by atoms with Crippen LogP contribution in [0.2, 0.25) is 0 Å². The van der Waals surface area contributed by atoms with Crippen molar-refractivity contribution >= 4 is 11.7 Å². The zero-order valence-electron chi connectivity index (χ0n) is 18.8. The summed E-state index contributed by atoms with van der Waals surface area (Å²) < 4.78 is 40.0. The van der Waals surface area contributed by atoms with Crippen LogP contribution < -0.4 is 0 Å². The lowest BCUT2D eigenvalue weighted by Gasteiger charge is -2.35. The minimum Gasteiger partial charge on any atom is -0.340 e. The molecule has 4 rings (SSSR count). The summed E-state index contributed by atoms with van der Waals surface area (Å²) in [4.78, 5) is 24.7. The molecule has 1 aliphatic heterocycles. The number of piperazine rings is 1. The molecule has 0 spiro atoms. The molecule has 33 heavy (non-hydrogen) atoms. The first-order chi connectivity index (χ1) is 15.7. The third-order valence-corrected chi connectivity index (χ3v) is 6.18. The first-order valence-corrected chi connectivity index (χ1v) is 11.1. The summed E-state index contributed by atoms with van der Waals surface area (Å²) in [5.41, 5.74) is 3.14. The largest absolute Gasteiger partial charge is 0.453 e. The van der Waals surface area contributed by atoms with E-state index >= 15 is 0 Å². The van der Waals surface area contributed by atoms with E-state index in [0.717, 1.165) is 36.1 Å². The maximum absolute atomic E-state index is 13.0. The summed E-state index contributed by atoms with van der Waals surface area (Å²) in [6.07, 6.45) is -2.97. The molecule has 3 aromatic rings. The fraction of sp³-hybridized carbons (Fsp3) is 0.478. The summed E-state index contributed by atoms with van der Waals surface area (Å²) in [5, 5.41) is 3.57. The molecule has 0 atom stereocenters. The van der Waals surface area contributed by atoms with Crippen LogP contribution in [-0.2, 0) is 23.8 Å². The summed E-state index contributed by atoms with van der Waals surface area (Å²) in [6.45, 7) is 7.41. The number of aryl methyl sites for hydroxylation is 2.